The van der Waals surface area contributed by atoms with E-state index in [0.29, 0.717) is 17.0 Å². The summed E-state index contributed by atoms with van der Waals surface area (Å²) in [5, 5.41) is 13.1. The number of benzene rings is 2. The van der Waals surface area contributed by atoms with E-state index in [-0.39, 0.29) is 29.4 Å². The molecule has 0 spiro atoms. The molecule has 31 heavy (non-hydrogen) atoms. The van der Waals surface area contributed by atoms with Crippen molar-refractivity contribution >= 4 is 29.3 Å². The van der Waals surface area contributed by atoms with Gasteiger partial charge in [-0.25, -0.2) is 5.01 Å². The van der Waals surface area contributed by atoms with Crippen molar-refractivity contribution in [2.75, 3.05) is 6.61 Å². The smallest absolute Gasteiger partial charge is 0.276 e. The molecule has 0 aliphatic carbocycles. The fourth-order valence-corrected chi connectivity index (χ4v) is 4.48. The molecule has 2 atom stereocenters. The third-order valence-electron chi connectivity index (χ3n) is 4.98. The summed E-state index contributed by atoms with van der Waals surface area (Å²) in [5.41, 5.74) is 5.20. The molecule has 1 fully saturated rings. The summed E-state index contributed by atoms with van der Waals surface area (Å²) in [4.78, 5) is 36.2. The lowest BCUT2D eigenvalue weighted by Gasteiger charge is -2.25. The summed E-state index contributed by atoms with van der Waals surface area (Å²) >= 11 is 1.41. The van der Waals surface area contributed by atoms with Crippen LogP contribution < -0.4 is 10.2 Å². The molecule has 0 aromatic heterocycles. The minimum atomic E-state index is -0.475. The second-order valence-corrected chi connectivity index (χ2v) is 9.10. The molecular formula is C22H25N3O5S. The van der Waals surface area contributed by atoms with Gasteiger partial charge in [0.05, 0.1) is 5.25 Å². The van der Waals surface area contributed by atoms with Crippen LogP contribution in [0.1, 0.15) is 48.8 Å². The summed E-state index contributed by atoms with van der Waals surface area (Å²) in [6.07, 6.45) is 0. The largest absolute Gasteiger partial charge is 0.508 e. The summed E-state index contributed by atoms with van der Waals surface area (Å²) in [5.74, 6) is 0.00607. The standard InChI is InChI=1S/C22H25N3O5S/c1-12(2)17-10-18(24-29)13(3)9-19(17)30-11-20(27)23-25-21(28)14(4)31-22(25)15-5-7-16(26)8-6-15/h5-10,12,14,22,26H,11H2,1-4H3,(H,23,27). The zero-order valence-corrected chi connectivity index (χ0v) is 18.6. The lowest BCUT2D eigenvalue weighted by molar-refractivity contribution is -0.141. The van der Waals surface area contributed by atoms with Crippen molar-refractivity contribution in [3.63, 3.8) is 0 Å². The van der Waals surface area contributed by atoms with E-state index in [4.69, 9.17) is 4.74 Å². The van der Waals surface area contributed by atoms with Crippen LogP contribution in [0.2, 0.25) is 0 Å². The number of carbonyl (C=O) groups excluding carboxylic acids is 2. The Labute approximate surface area is 184 Å². The van der Waals surface area contributed by atoms with Crippen molar-refractivity contribution in [2.24, 2.45) is 5.18 Å². The number of hydrazine groups is 1. The Hall–Kier alpha value is -3.07. The third-order valence-corrected chi connectivity index (χ3v) is 6.33. The molecule has 1 saturated heterocycles. The van der Waals surface area contributed by atoms with E-state index >= 15 is 0 Å². The van der Waals surface area contributed by atoms with Crippen molar-refractivity contribution in [3.05, 3.63) is 58.0 Å². The molecule has 9 heteroatoms. The fourth-order valence-electron chi connectivity index (χ4n) is 3.27. The Morgan fingerprint density at radius 2 is 1.97 bits per heavy atom. The highest BCUT2D eigenvalue weighted by atomic mass is 32.2. The van der Waals surface area contributed by atoms with Crippen LogP contribution in [-0.2, 0) is 9.59 Å². The number of ether oxygens (including phenoxy) is 1. The number of nitrogens with zero attached hydrogens (tertiary/aromatic N) is 2. The van der Waals surface area contributed by atoms with Gasteiger partial charge < -0.3 is 9.84 Å². The molecule has 3 rings (SSSR count). The van der Waals surface area contributed by atoms with Crippen LogP contribution in [0.15, 0.2) is 41.6 Å². The van der Waals surface area contributed by atoms with Crippen molar-refractivity contribution in [1.29, 1.82) is 0 Å². The van der Waals surface area contributed by atoms with Gasteiger partial charge in [-0.2, -0.15) is 0 Å². The van der Waals surface area contributed by atoms with E-state index in [2.05, 4.69) is 10.6 Å². The van der Waals surface area contributed by atoms with Gasteiger partial charge in [-0.05, 0) is 65.9 Å². The number of aryl methyl sites for hydroxylation is 1. The van der Waals surface area contributed by atoms with Crippen LogP contribution in [0.4, 0.5) is 5.69 Å². The average molecular weight is 444 g/mol. The Morgan fingerprint density at radius 3 is 2.58 bits per heavy atom. The first kappa shape index (κ1) is 22.6. The third kappa shape index (κ3) is 4.99. The van der Waals surface area contributed by atoms with Crippen LogP contribution in [0.3, 0.4) is 0 Å². The quantitative estimate of drug-likeness (QED) is 0.618. The van der Waals surface area contributed by atoms with E-state index in [1.807, 2.05) is 13.8 Å². The zero-order valence-electron chi connectivity index (χ0n) is 17.8. The molecule has 0 radical (unpaired) electrons. The topological polar surface area (TPSA) is 108 Å². The molecule has 2 aromatic rings. The van der Waals surface area contributed by atoms with Gasteiger partial charge in [-0.1, -0.05) is 26.0 Å². The molecule has 2 unspecified atom stereocenters. The Balaban J connectivity index is 1.72. The predicted octanol–water partition coefficient (Wildman–Crippen LogP) is 4.29. The molecule has 1 aliphatic heterocycles. The maximum atomic E-state index is 12.6. The minimum Gasteiger partial charge on any atom is -0.508 e. The van der Waals surface area contributed by atoms with E-state index in [0.717, 1.165) is 11.1 Å². The summed E-state index contributed by atoms with van der Waals surface area (Å²) in [6, 6.07) is 9.88. The maximum Gasteiger partial charge on any atom is 0.276 e. The molecule has 164 valence electrons. The van der Waals surface area contributed by atoms with Gasteiger partial charge in [-0.15, -0.1) is 16.7 Å². The second-order valence-electron chi connectivity index (χ2n) is 7.68. The van der Waals surface area contributed by atoms with Crippen molar-refractivity contribution in [3.8, 4) is 11.5 Å². The zero-order chi connectivity index (χ0) is 22.7. The number of hydrogen-bond donors (Lipinski definition) is 2. The molecule has 2 aromatic carbocycles. The molecule has 0 saturated carbocycles. The number of aromatic hydroxyl groups is 1. The minimum absolute atomic E-state index is 0.0652. The lowest BCUT2D eigenvalue weighted by atomic mass is 9.99. The molecule has 8 nitrogen and oxygen atoms in total. The average Bonchev–Trinajstić information content (AvgIpc) is 3.01. The van der Waals surface area contributed by atoms with E-state index < -0.39 is 11.3 Å². The van der Waals surface area contributed by atoms with Crippen LogP contribution in [0.25, 0.3) is 0 Å². The van der Waals surface area contributed by atoms with Gasteiger partial charge in [0.15, 0.2) is 6.61 Å². The van der Waals surface area contributed by atoms with E-state index in [9.17, 15) is 19.6 Å². The maximum absolute atomic E-state index is 12.6. The number of hydrogen-bond acceptors (Lipinski definition) is 7. The summed E-state index contributed by atoms with van der Waals surface area (Å²) in [6.45, 7) is 7.14. The predicted molar refractivity (Wildman–Crippen MR) is 119 cm³/mol. The monoisotopic (exact) mass is 443 g/mol. The highest BCUT2D eigenvalue weighted by molar-refractivity contribution is 8.01. The van der Waals surface area contributed by atoms with Gasteiger partial charge in [0.25, 0.3) is 11.8 Å². The first-order chi connectivity index (χ1) is 14.7. The van der Waals surface area contributed by atoms with Gasteiger partial charge >= 0.3 is 0 Å². The van der Waals surface area contributed by atoms with E-state index in [1.54, 1.807) is 50.2 Å². The number of rotatable bonds is 7. The lowest BCUT2D eigenvalue weighted by Crippen LogP contribution is -2.47. The number of carbonyl (C=O) groups is 2. The number of nitrogens with one attached hydrogen (secondary N) is 1. The Bertz CT molecular complexity index is 993. The molecule has 1 heterocycles. The van der Waals surface area contributed by atoms with E-state index in [1.165, 1.54) is 16.8 Å². The number of amides is 2. The van der Waals surface area contributed by atoms with Crippen molar-refractivity contribution in [1.82, 2.24) is 10.4 Å². The van der Waals surface area contributed by atoms with Gasteiger partial charge in [0.2, 0.25) is 0 Å². The molecule has 2 N–H and O–H groups in total. The Kier molecular flexibility index (Phi) is 6.84. The van der Waals surface area contributed by atoms with Crippen LogP contribution in [0, 0.1) is 11.8 Å². The van der Waals surface area contributed by atoms with Crippen LogP contribution in [-0.4, -0.2) is 33.8 Å². The van der Waals surface area contributed by atoms with Crippen molar-refractivity contribution in [2.45, 2.75) is 44.2 Å². The highest BCUT2D eigenvalue weighted by Gasteiger charge is 2.39. The second kappa shape index (κ2) is 9.38. The van der Waals surface area contributed by atoms with Crippen LogP contribution >= 0.6 is 11.8 Å². The van der Waals surface area contributed by atoms with Gasteiger partial charge in [-0.3, -0.25) is 15.0 Å². The highest BCUT2D eigenvalue weighted by Crippen LogP contribution is 2.42. The van der Waals surface area contributed by atoms with Gasteiger partial charge in [0.1, 0.15) is 22.6 Å². The molecule has 2 amide bonds. The fraction of sp³-hybridized carbons (Fsp3) is 0.364. The van der Waals surface area contributed by atoms with Gasteiger partial charge in [0, 0.05) is 0 Å². The normalized spacial score (nSPS) is 18.4. The Morgan fingerprint density at radius 1 is 1.29 bits per heavy atom. The SMILES string of the molecule is Cc1cc(OCC(=O)NN2C(=O)C(C)SC2c2ccc(O)cc2)c(C(C)C)cc1N=O. The number of phenolic OH excluding ortho intramolecular Hbond substituents is 1. The summed E-state index contributed by atoms with van der Waals surface area (Å²) in [7, 11) is 0. The number of nitroso groups, excluding NO2 is 1. The first-order valence-corrected chi connectivity index (χ1v) is 10.8. The first-order valence-electron chi connectivity index (χ1n) is 9.89. The molecule has 0 bridgehead atoms. The van der Waals surface area contributed by atoms with Crippen molar-refractivity contribution < 1.29 is 19.4 Å². The van der Waals surface area contributed by atoms with Crippen LogP contribution in [0.5, 0.6) is 11.5 Å². The number of phenols is 1. The molecular weight excluding hydrogens is 418 g/mol. The number of thioether (sulfide) groups is 1. The molecule has 1 aliphatic rings. The summed E-state index contributed by atoms with van der Waals surface area (Å²) < 4.78 is 5.74.